The number of carbonyl (C=O) groups excluding carboxylic acids is 3. The normalized spacial score (nSPS) is 15.4. The summed E-state index contributed by atoms with van der Waals surface area (Å²) in [5, 5.41) is 14.4. The quantitative estimate of drug-likeness (QED) is 0.192. The predicted octanol–water partition coefficient (Wildman–Crippen LogP) is 7.13. The molecule has 0 amide bonds. The van der Waals surface area contributed by atoms with Gasteiger partial charge in [0.15, 0.2) is 17.3 Å². The lowest BCUT2D eigenvalue weighted by Crippen LogP contribution is -1.99. The molecule has 4 nitrogen and oxygen atoms in total. The van der Waals surface area contributed by atoms with Crippen LogP contribution in [0, 0.1) is 0 Å². The molecule has 37 heavy (non-hydrogen) atoms. The summed E-state index contributed by atoms with van der Waals surface area (Å²) in [7, 11) is 0. The molecule has 4 aromatic rings. The smallest absolute Gasteiger partial charge is 0.197 e. The van der Waals surface area contributed by atoms with Gasteiger partial charge in [-0.3, -0.25) is 14.4 Å². The zero-order chi connectivity index (χ0) is 25.5. The minimum atomic E-state index is -0.270. The van der Waals surface area contributed by atoms with E-state index in [0.717, 1.165) is 21.5 Å². The first kappa shape index (κ1) is 22.4. The fourth-order valence-corrected chi connectivity index (χ4v) is 4.83. The van der Waals surface area contributed by atoms with Crippen molar-refractivity contribution in [1.29, 1.82) is 0 Å². The highest BCUT2D eigenvalue weighted by Gasteiger charge is 2.33. The van der Waals surface area contributed by atoms with Gasteiger partial charge < -0.3 is 5.11 Å². The number of aliphatic hydroxyl groups excluding tert-OH is 1. The summed E-state index contributed by atoms with van der Waals surface area (Å²) in [5.41, 5.74) is 2.29. The molecule has 0 unspecified atom stereocenters. The maximum Gasteiger partial charge on any atom is 0.197 e. The molecule has 0 bridgehead atoms. The third-order valence-corrected chi connectivity index (χ3v) is 6.72. The summed E-state index contributed by atoms with van der Waals surface area (Å²) < 4.78 is 0. The van der Waals surface area contributed by atoms with Crippen LogP contribution >= 0.6 is 0 Å². The molecule has 2 aliphatic rings. The van der Waals surface area contributed by atoms with E-state index in [9.17, 15) is 19.5 Å². The monoisotopic (exact) mass is 480 g/mol. The van der Waals surface area contributed by atoms with E-state index in [1.54, 1.807) is 48.6 Å². The Balaban J connectivity index is 1.16. The number of allylic oxidation sites excluding steroid dienone is 9. The van der Waals surface area contributed by atoms with Crippen molar-refractivity contribution in [2.45, 2.75) is 0 Å². The van der Waals surface area contributed by atoms with E-state index in [1.165, 1.54) is 6.08 Å². The lowest BCUT2D eigenvalue weighted by atomic mass is 10.0. The van der Waals surface area contributed by atoms with Crippen LogP contribution in [0.5, 0.6) is 0 Å². The van der Waals surface area contributed by atoms with E-state index in [1.807, 2.05) is 60.7 Å². The summed E-state index contributed by atoms with van der Waals surface area (Å²) in [5.74, 6) is -0.780. The Morgan fingerprint density at radius 2 is 0.946 bits per heavy atom. The number of fused-ring (bicyclic) bond motifs is 4. The molecule has 176 valence electrons. The van der Waals surface area contributed by atoms with E-state index in [4.69, 9.17) is 0 Å². The lowest BCUT2D eigenvalue weighted by molar-refractivity contribution is 0.0986. The molecule has 0 aromatic heterocycles. The molecule has 0 aliphatic heterocycles. The average molecular weight is 481 g/mol. The number of ketones is 3. The second-order valence-electron chi connectivity index (χ2n) is 8.95. The molecule has 0 saturated heterocycles. The van der Waals surface area contributed by atoms with Crippen LogP contribution in [0.3, 0.4) is 0 Å². The van der Waals surface area contributed by atoms with Crippen molar-refractivity contribution in [3.05, 3.63) is 149 Å². The van der Waals surface area contributed by atoms with Gasteiger partial charge >= 0.3 is 0 Å². The predicted molar refractivity (Wildman–Crippen MR) is 146 cm³/mol. The van der Waals surface area contributed by atoms with Gasteiger partial charge in [-0.05, 0) is 58.0 Å². The average Bonchev–Trinajstić information content (AvgIpc) is 3.29. The van der Waals surface area contributed by atoms with E-state index < -0.39 is 0 Å². The number of hydrogen-bond donors (Lipinski definition) is 1. The first-order chi connectivity index (χ1) is 18.0. The minimum Gasteiger partial charge on any atom is -0.507 e. The van der Waals surface area contributed by atoms with Crippen LogP contribution in [-0.2, 0) is 0 Å². The zero-order valence-corrected chi connectivity index (χ0v) is 19.6. The zero-order valence-electron chi connectivity index (χ0n) is 19.6. The second kappa shape index (κ2) is 8.85. The van der Waals surface area contributed by atoms with Gasteiger partial charge in [0.1, 0.15) is 5.76 Å². The molecule has 4 aromatic carbocycles. The Hall–Kier alpha value is -5.09. The maximum atomic E-state index is 12.8. The molecule has 2 aliphatic carbocycles. The molecule has 0 radical (unpaired) electrons. The number of carbonyl (C=O) groups is 3. The SMILES string of the molecule is O=C1C(=C/C=C/C=C/C=C/C2=C(O)c3cc4ccccc4cc3C2=O)C(=O)c2cc3ccccc3cc21. The van der Waals surface area contributed by atoms with Gasteiger partial charge in [-0.2, -0.15) is 0 Å². The second-order valence-corrected chi connectivity index (χ2v) is 8.95. The molecule has 0 saturated carbocycles. The topological polar surface area (TPSA) is 71.4 Å². The Morgan fingerprint density at radius 1 is 0.514 bits per heavy atom. The molecule has 0 fully saturated rings. The molecular weight excluding hydrogens is 460 g/mol. The van der Waals surface area contributed by atoms with Gasteiger partial charge in [0.25, 0.3) is 0 Å². The van der Waals surface area contributed by atoms with Crippen LogP contribution in [-0.4, -0.2) is 22.5 Å². The first-order valence-corrected chi connectivity index (χ1v) is 11.9. The van der Waals surface area contributed by atoms with Crippen molar-refractivity contribution in [2.75, 3.05) is 0 Å². The molecule has 1 N–H and O–H groups in total. The highest BCUT2D eigenvalue weighted by atomic mass is 16.3. The Kier molecular flexibility index (Phi) is 5.35. The first-order valence-electron chi connectivity index (χ1n) is 11.9. The molecule has 6 rings (SSSR count). The number of hydrogen-bond acceptors (Lipinski definition) is 4. The van der Waals surface area contributed by atoms with E-state index in [0.29, 0.717) is 22.3 Å². The fraction of sp³-hybridized carbons (Fsp3) is 0. The molecule has 0 heterocycles. The summed E-state index contributed by atoms with van der Waals surface area (Å²) in [4.78, 5) is 38.4. The van der Waals surface area contributed by atoms with E-state index >= 15 is 0 Å². The van der Waals surface area contributed by atoms with E-state index in [-0.39, 0.29) is 34.3 Å². The summed E-state index contributed by atoms with van der Waals surface area (Å²) in [6.07, 6.45) is 11.5. The Bertz CT molecular complexity index is 1770. The van der Waals surface area contributed by atoms with Crippen molar-refractivity contribution in [3.63, 3.8) is 0 Å². The maximum absolute atomic E-state index is 12.8. The van der Waals surface area contributed by atoms with Crippen LogP contribution < -0.4 is 0 Å². The van der Waals surface area contributed by atoms with Gasteiger partial charge in [0.05, 0.1) is 11.1 Å². The highest BCUT2D eigenvalue weighted by molar-refractivity contribution is 6.40. The molecule has 4 heteroatoms. The number of aliphatic hydroxyl groups is 1. The summed E-state index contributed by atoms with van der Waals surface area (Å²) in [6, 6.07) is 22.5. The Morgan fingerprint density at radius 3 is 1.49 bits per heavy atom. The molecule has 0 spiro atoms. The summed E-state index contributed by atoms with van der Waals surface area (Å²) >= 11 is 0. The van der Waals surface area contributed by atoms with Crippen LogP contribution in [0.2, 0.25) is 0 Å². The van der Waals surface area contributed by atoms with Crippen molar-refractivity contribution in [1.82, 2.24) is 0 Å². The lowest BCUT2D eigenvalue weighted by Gasteiger charge is -2.02. The van der Waals surface area contributed by atoms with Gasteiger partial charge in [-0.1, -0.05) is 78.9 Å². The standard InChI is InChI=1S/C33H20O4/c34-30-24(31(35)27-17-21-11-7-6-10-20(21)16-26(27)30)14-4-2-1-3-5-15-25-32(36)28-18-22-12-8-9-13-23(22)19-29(28)33(25)37/h1-19,34H/b2-1+,5-3+,14-4+. The number of Topliss-reactive ketones (excluding diaryl/α,β-unsaturated/α-hetero) is 3. The molecule has 0 atom stereocenters. The number of rotatable bonds is 4. The van der Waals surface area contributed by atoms with Crippen LogP contribution in [0.15, 0.2) is 126 Å². The van der Waals surface area contributed by atoms with Crippen molar-refractivity contribution < 1.29 is 19.5 Å². The van der Waals surface area contributed by atoms with Crippen molar-refractivity contribution in [3.8, 4) is 0 Å². The highest BCUT2D eigenvalue weighted by Crippen LogP contribution is 2.35. The third kappa shape index (κ3) is 3.76. The van der Waals surface area contributed by atoms with Crippen molar-refractivity contribution >= 4 is 44.7 Å². The van der Waals surface area contributed by atoms with Crippen LogP contribution in [0.1, 0.15) is 36.6 Å². The number of benzene rings is 4. The fourth-order valence-electron chi connectivity index (χ4n) is 4.83. The largest absolute Gasteiger partial charge is 0.507 e. The minimum absolute atomic E-state index is 0.0267. The van der Waals surface area contributed by atoms with Gasteiger partial charge in [-0.15, -0.1) is 0 Å². The summed E-state index contributed by atoms with van der Waals surface area (Å²) in [6.45, 7) is 0. The van der Waals surface area contributed by atoms with E-state index in [2.05, 4.69) is 0 Å². The van der Waals surface area contributed by atoms with Crippen LogP contribution in [0.4, 0.5) is 0 Å². The molecular formula is C33H20O4. The Labute approximate surface area is 212 Å². The third-order valence-electron chi connectivity index (χ3n) is 6.72. The van der Waals surface area contributed by atoms with Gasteiger partial charge in [0, 0.05) is 22.3 Å². The van der Waals surface area contributed by atoms with Gasteiger partial charge in [0.2, 0.25) is 0 Å². The van der Waals surface area contributed by atoms with Gasteiger partial charge in [-0.25, -0.2) is 0 Å². The van der Waals surface area contributed by atoms with Crippen molar-refractivity contribution in [2.24, 2.45) is 0 Å². The van der Waals surface area contributed by atoms with Crippen LogP contribution in [0.25, 0.3) is 27.3 Å².